The zero-order valence-corrected chi connectivity index (χ0v) is 15.9. The second-order valence-electron chi connectivity index (χ2n) is 6.37. The second-order valence-corrected chi connectivity index (χ2v) is 6.37. The van der Waals surface area contributed by atoms with E-state index in [9.17, 15) is 4.79 Å². The van der Waals surface area contributed by atoms with Crippen molar-refractivity contribution in [3.05, 3.63) is 71.4 Å². The van der Waals surface area contributed by atoms with Crippen LogP contribution in [0.15, 0.2) is 48.8 Å². The number of ether oxygens (including phenoxy) is 1. The molecule has 0 fully saturated rings. The molecule has 27 heavy (non-hydrogen) atoms. The number of amides is 1. The summed E-state index contributed by atoms with van der Waals surface area (Å²) in [6.45, 7) is 4.21. The lowest BCUT2D eigenvalue weighted by molar-refractivity contribution is 0.0783. The standard InChI is InChI=1S/C21H22N4O2/c1-14-12-23-15(2)20(24-14)16-6-5-7-17(10-16)21(26)25(3)13-18-11-19(27-4)8-9-22-18/h5-12H,13H2,1-4H3. The maximum atomic E-state index is 12.9. The van der Waals surface area contributed by atoms with Gasteiger partial charge in [0.25, 0.3) is 5.91 Å². The molecule has 0 N–H and O–H groups in total. The van der Waals surface area contributed by atoms with Gasteiger partial charge in [0.2, 0.25) is 0 Å². The average molecular weight is 362 g/mol. The largest absolute Gasteiger partial charge is 0.497 e. The Kier molecular flexibility index (Phi) is 5.45. The van der Waals surface area contributed by atoms with E-state index in [0.717, 1.165) is 34.1 Å². The predicted octanol–water partition coefficient (Wildman–Crippen LogP) is 3.44. The fourth-order valence-electron chi connectivity index (χ4n) is 2.82. The molecule has 6 heteroatoms. The Balaban J connectivity index is 1.83. The summed E-state index contributed by atoms with van der Waals surface area (Å²) < 4.78 is 5.21. The number of nitrogens with zero attached hydrogens (tertiary/aromatic N) is 4. The van der Waals surface area contributed by atoms with E-state index in [4.69, 9.17) is 4.74 Å². The fourth-order valence-corrected chi connectivity index (χ4v) is 2.82. The molecule has 0 aliphatic heterocycles. The average Bonchev–Trinajstić information content (AvgIpc) is 2.69. The van der Waals surface area contributed by atoms with Crippen molar-refractivity contribution in [2.24, 2.45) is 0 Å². The van der Waals surface area contributed by atoms with Crippen LogP contribution in [0.3, 0.4) is 0 Å². The number of aryl methyl sites for hydroxylation is 2. The van der Waals surface area contributed by atoms with Gasteiger partial charge in [-0.25, -0.2) is 4.98 Å². The van der Waals surface area contributed by atoms with Crippen LogP contribution in [-0.2, 0) is 6.54 Å². The number of hydrogen-bond acceptors (Lipinski definition) is 5. The summed E-state index contributed by atoms with van der Waals surface area (Å²) in [7, 11) is 3.36. The first-order valence-electron chi connectivity index (χ1n) is 8.63. The molecule has 1 amide bonds. The van der Waals surface area contributed by atoms with E-state index in [1.165, 1.54) is 0 Å². The Bertz CT molecular complexity index is 972. The maximum Gasteiger partial charge on any atom is 0.253 e. The third-order valence-corrected chi connectivity index (χ3v) is 4.23. The van der Waals surface area contributed by atoms with Gasteiger partial charge in [-0.05, 0) is 32.0 Å². The van der Waals surface area contributed by atoms with E-state index >= 15 is 0 Å². The van der Waals surface area contributed by atoms with Crippen molar-refractivity contribution in [3.63, 3.8) is 0 Å². The molecule has 3 rings (SSSR count). The van der Waals surface area contributed by atoms with Crippen LogP contribution in [-0.4, -0.2) is 39.9 Å². The number of methoxy groups -OCH3 is 1. The van der Waals surface area contributed by atoms with Gasteiger partial charge in [-0.3, -0.25) is 14.8 Å². The van der Waals surface area contributed by atoms with Crippen molar-refractivity contribution < 1.29 is 9.53 Å². The topological polar surface area (TPSA) is 68.2 Å². The van der Waals surface area contributed by atoms with Gasteiger partial charge < -0.3 is 9.64 Å². The third kappa shape index (κ3) is 4.28. The number of aromatic nitrogens is 3. The first-order valence-corrected chi connectivity index (χ1v) is 8.63. The molecule has 0 unspecified atom stereocenters. The molecule has 0 aliphatic carbocycles. The molecule has 6 nitrogen and oxygen atoms in total. The Hall–Kier alpha value is -3.28. The van der Waals surface area contributed by atoms with Crippen molar-refractivity contribution >= 4 is 5.91 Å². The summed E-state index contributed by atoms with van der Waals surface area (Å²) in [6, 6.07) is 11.1. The minimum absolute atomic E-state index is 0.0836. The molecule has 0 aliphatic rings. The van der Waals surface area contributed by atoms with Gasteiger partial charge in [-0.1, -0.05) is 12.1 Å². The molecule has 3 aromatic rings. The molecule has 2 aromatic heterocycles. The van der Waals surface area contributed by atoms with E-state index in [-0.39, 0.29) is 5.91 Å². The minimum atomic E-state index is -0.0836. The zero-order chi connectivity index (χ0) is 19.4. The predicted molar refractivity (Wildman–Crippen MR) is 104 cm³/mol. The van der Waals surface area contributed by atoms with Gasteiger partial charge in [-0.2, -0.15) is 0 Å². The minimum Gasteiger partial charge on any atom is -0.497 e. The lowest BCUT2D eigenvalue weighted by Crippen LogP contribution is -2.26. The highest BCUT2D eigenvalue weighted by molar-refractivity contribution is 5.95. The summed E-state index contributed by atoms with van der Waals surface area (Å²) in [6.07, 6.45) is 3.41. The molecule has 0 bridgehead atoms. The second kappa shape index (κ2) is 7.95. The van der Waals surface area contributed by atoms with Crippen molar-refractivity contribution in [2.75, 3.05) is 14.2 Å². The van der Waals surface area contributed by atoms with Gasteiger partial charge in [0.05, 0.1) is 36.4 Å². The first-order chi connectivity index (χ1) is 13.0. The SMILES string of the molecule is COc1ccnc(CN(C)C(=O)c2cccc(-c3nc(C)cnc3C)c2)c1. The maximum absolute atomic E-state index is 12.9. The third-order valence-electron chi connectivity index (χ3n) is 4.23. The van der Waals surface area contributed by atoms with E-state index in [1.807, 2.05) is 38.1 Å². The van der Waals surface area contributed by atoms with Crippen molar-refractivity contribution in [2.45, 2.75) is 20.4 Å². The number of carbonyl (C=O) groups excluding carboxylic acids is 1. The summed E-state index contributed by atoms with van der Waals surface area (Å²) >= 11 is 0. The van der Waals surface area contributed by atoms with Crippen LogP contribution in [0, 0.1) is 13.8 Å². The molecule has 138 valence electrons. The van der Waals surface area contributed by atoms with Crippen LogP contribution in [0.4, 0.5) is 0 Å². The normalized spacial score (nSPS) is 10.5. The van der Waals surface area contributed by atoms with Crippen LogP contribution in [0.2, 0.25) is 0 Å². The van der Waals surface area contributed by atoms with Gasteiger partial charge in [-0.15, -0.1) is 0 Å². The smallest absolute Gasteiger partial charge is 0.253 e. The summed E-state index contributed by atoms with van der Waals surface area (Å²) in [5.74, 6) is 0.635. The number of pyridine rings is 1. The Morgan fingerprint density at radius 3 is 2.74 bits per heavy atom. The Labute approximate surface area is 158 Å². The van der Waals surface area contributed by atoms with E-state index in [0.29, 0.717) is 12.1 Å². The van der Waals surface area contributed by atoms with Gasteiger partial charge in [0.15, 0.2) is 0 Å². The lowest BCUT2D eigenvalue weighted by Gasteiger charge is -2.17. The van der Waals surface area contributed by atoms with Crippen molar-refractivity contribution in [1.29, 1.82) is 0 Å². The number of hydrogen-bond donors (Lipinski definition) is 0. The van der Waals surface area contributed by atoms with E-state index in [2.05, 4.69) is 15.0 Å². The highest BCUT2D eigenvalue weighted by Crippen LogP contribution is 2.22. The zero-order valence-electron chi connectivity index (χ0n) is 15.9. The summed E-state index contributed by atoms with van der Waals surface area (Å²) in [5.41, 5.74) is 4.71. The van der Waals surface area contributed by atoms with Gasteiger partial charge >= 0.3 is 0 Å². The lowest BCUT2D eigenvalue weighted by atomic mass is 10.1. The number of benzene rings is 1. The van der Waals surface area contributed by atoms with Crippen LogP contribution in [0.1, 0.15) is 27.4 Å². The van der Waals surface area contributed by atoms with Gasteiger partial charge in [0, 0.05) is 36.6 Å². The first kappa shape index (κ1) is 18.5. The molecule has 0 atom stereocenters. The molecule has 0 spiro atoms. The van der Waals surface area contributed by atoms with Crippen molar-refractivity contribution in [3.8, 4) is 17.0 Å². The monoisotopic (exact) mass is 362 g/mol. The summed E-state index contributed by atoms with van der Waals surface area (Å²) in [5, 5.41) is 0. The molecular formula is C21H22N4O2. The van der Waals surface area contributed by atoms with Crippen LogP contribution < -0.4 is 4.74 Å². The van der Waals surface area contributed by atoms with Crippen LogP contribution >= 0.6 is 0 Å². The van der Waals surface area contributed by atoms with E-state index < -0.39 is 0 Å². The van der Waals surface area contributed by atoms with Crippen LogP contribution in [0.5, 0.6) is 5.75 Å². The fraction of sp³-hybridized carbons (Fsp3) is 0.238. The quantitative estimate of drug-likeness (QED) is 0.695. The van der Waals surface area contributed by atoms with Gasteiger partial charge in [0.1, 0.15) is 5.75 Å². The molecule has 0 radical (unpaired) electrons. The van der Waals surface area contributed by atoms with Crippen LogP contribution in [0.25, 0.3) is 11.3 Å². The number of rotatable bonds is 5. The Morgan fingerprint density at radius 1 is 1.15 bits per heavy atom. The van der Waals surface area contributed by atoms with E-state index in [1.54, 1.807) is 43.6 Å². The molecule has 0 saturated carbocycles. The summed E-state index contributed by atoms with van der Waals surface area (Å²) in [4.78, 5) is 27.7. The number of carbonyl (C=O) groups is 1. The highest BCUT2D eigenvalue weighted by Gasteiger charge is 2.15. The molecular weight excluding hydrogens is 340 g/mol. The highest BCUT2D eigenvalue weighted by atomic mass is 16.5. The van der Waals surface area contributed by atoms with Crippen molar-refractivity contribution in [1.82, 2.24) is 19.9 Å². The molecule has 0 saturated heterocycles. The molecule has 2 heterocycles. The molecule has 1 aromatic carbocycles. The Morgan fingerprint density at radius 2 is 1.96 bits per heavy atom.